The molecule has 31 heavy (non-hydrogen) atoms. The molecule has 0 bridgehead atoms. The Morgan fingerprint density at radius 1 is 0.903 bits per heavy atom. The summed E-state index contributed by atoms with van der Waals surface area (Å²) in [6.07, 6.45) is 1.68. The minimum absolute atomic E-state index is 0.0454. The van der Waals surface area contributed by atoms with Crippen LogP contribution in [-0.2, 0) is 18.9 Å². The van der Waals surface area contributed by atoms with Gasteiger partial charge in [0.2, 0.25) is 0 Å². The molecule has 3 aromatic rings. The van der Waals surface area contributed by atoms with Crippen molar-refractivity contribution in [2.45, 2.75) is 25.3 Å². The maximum atomic E-state index is 12.8. The molecule has 0 spiro atoms. The molecule has 0 aliphatic carbocycles. The van der Waals surface area contributed by atoms with Crippen molar-refractivity contribution in [2.75, 3.05) is 0 Å². The molecule has 1 heterocycles. The molecule has 0 unspecified atom stereocenters. The summed E-state index contributed by atoms with van der Waals surface area (Å²) in [5, 5.41) is 0. The van der Waals surface area contributed by atoms with E-state index in [0.29, 0.717) is 5.46 Å². The minimum Gasteiger partial charge on any atom is -0.495 e. The van der Waals surface area contributed by atoms with Gasteiger partial charge < -0.3 is 9.31 Å². The molecule has 4 rings (SSSR count). The quantitative estimate of drug-likeness (QED) is 0.473. The van der Waals surface area contributed by atoms with Crippen LogP contribution in [0.15, 0.2) is 89.9 Å². The molecular formula is C25H22BNO4. The Balaban J connectivity index is 1.58. The number of aliphatic imine (C=N–C) groups is 1. The summed E-state index contributed by atoms with van der Waals surface area (Å²) in [6.45, 7) is 2.00. The van der Waals surface area contributed by atoms with Crippen LogP contribution in [0.3, 0.4) is 0 Å². The lowest BCUT2D eigenvalue weighted by atomic mass is 9.76. The van der Waals surface area contributed by atoms with Gasteiger partial charge in [-0.05, 0) is 23.6 Å². The Hall–Kier alpha value is -3.67. The lowest BCUT2D eigenvalue weighted by Crippen LogP contribution is -2.41. The lowest BCUT2D eigenvalue weighted by molar-refractivity contribution is -0.137. The van der Waals surface area contributed by atoms with Crippen molar-refractivity contribution in [3.63, 3.8) is 0 Å². The first-order chi connectivity index (χ1) is 15.1. The van der Waals surface area contributed by atoms with Crippen LogP contribution < -0.4 is 5.46 Å². The molecule has 6 heteroatoms. The van der Waals surface area contributed by atoms with Gasteiger partial charge in [-0.1, -0.05) is 84.9 Å². The van der Waals surface area contributed by atoms with Crippen molar-refractivity contribution in [2.24, 2.45) is 4.99 Å². The van der Waals surface area contributed by atoms with E-state index < -0.39 is 25.0 Å². The van der Waals surface area contributed by atoms with E-state index in [1.165, 1.54) is 0 Å². The summed E-state index contributed by atoms with van der Waals surface area (Å²) >= 11 is 0. The summed E-state index contributed by atoms with van der Waals surface area (Å²) in [7, 11) is -1.11. The van der Waals surface area contributed by atoms with Crippen LogP contribution in [0.5, 0.6) is 0 Å². The standard InChI is InChI=1S/C25H22BNO4/c1-18(19-10-4-2-5-11-19)27-17-21-14-8-9-15-23(21)26-30-24(28)16-22(25(29)31-26)20-12-6-3-7-13-20/h2-15,17-18,22H,16H2,1H3/t18-,22+/m1/s1. The third-order valence-corrected chi connectivity index (χ3v) is 5.29. The van der Waals surface area contributed by atoms with Gasteiger partial charge in [0, 0.05) is 11.7 Å². The summed E-state index contributed by atoms with van der Waals surface area (Å²) in [5.41, 5.74) is 3.14. The van der Waals surface area contributed by atoms with Crippen LogP contribution in [0.2, 0.25) is 0 Å². The highest BCUT2D eigenvalue weighted by Crippen LogP contribution is 2.25. The maximum absolute atomic E-state index is 12.8. The van der Waals surface area contributed by atoms with E-state index in [-0.39, 0.29) is 12.5 Å². The average Bonchev–Trinajstić information content (AvgIpc) is 2.96. The maximum Gasteiger partial charge on any atom is 0.637 e. The van der Waals surface area contributed by atoms with Crippen LogP contribution >= 0.6 is 0 Å². The molecule has 0 amide bonds. The lowest BCUT2D eigenvalue weighted by Gasteiger charge is -2.14. The second-order valence-electron chi connectivity index (χ2n) is 7.42. The molecule has 3 aromatic carbocycles. The molecule has 1 saturated heterocycles. The van der Waals surface area contributed by atoms with Crippen molar-refractivity contribution >= 4 is 30.7 Å². The monoisotopic (exact) mass is 411 g/mol. The topological polar surface area (TPSA) is 65.0 Å². The first-order valence-corrected chi connectivity index (χ1v) is 10.2. The molecular weight excluding hydrogens is 389 g/mol. The van der Waals surface area contributed by atoms with Gasteiger partial charge in [-0.2, -0.15) is 0 Å². The van der Waals surface area contributed by atoms with Crippen LogP contribution in [0, 0.1) is 0 Å². The van der Waals surface area contributed by atoms with Crippen LogP contribution in [0.4, 0.5) is 0 Å². The van der Waals surface area contributed by atoms with Gasteiger partial charge in [0.1, 0.15) is 0 Å². The molecule has 154 valence electrons. The predicted molar refractivity (Wildman–Crippen MR) is 120 cm³/mol. The molecule has 1 aliphatic rings. The van der Waals surface area contributed by atoms with Gasteiger partial charge in [-0.3, -0.25) is 14.6 Å². The van der Waals surface area contributed by atoms with Gasteiger partial charge >= 0.3 is 7.12 Å². The Kier molecular flexibility index (Phi) is 6.27. The Labute approximate surface area is 181 Å². The van der Waals surface area contributed by atoms with Gasteiger partial charge in [0.25, 0.3) is 11.9 Å². The van der Waals surface area contributed by atoms with E-state index in [1.54, 1.807) is 12.3 Å². The normalized spacial score (nSPS) is 17.7. The molecule has 1 aliphatic heterocycles. The molecule has 1 fully saturated rings. The minimum atomic E-state index is -1.11. The van der Waals surface area contributed by atoms with E-state index in [4.69, 9.17) is 9.31 Å². The highest BCUT2D eigenvalue weighted by molar-refractivity contribution is 6.66. The van der Waals surface area contributed by atoms with Crippen molar-refractivity contribution < 1.29 is 18.9 Å². The number of hydrogen-bond donors (Lipinski definition) is 0. The molecule has 0 aromatic heterocycles. The first-order valence-electron chi connectivity index (χ1n) is 10.2. The number of carbonyl (C=O) groups excluding carboxylic acids is 2. The zero-order chi connectivity index (χ0) is 21.6. The number of nitrogens with zero attached hydrogens (tertiary/aromatic N) is 1. The third-order valence-electron chi connectivity index (χ3n) is 5.29. The van der Waals surface area contributed by atoms with E-state index >= 15 is 0 Å². The molecule has 5 nitrogen and oxygen atoms in total. The van der Waals surface area contributed by atoms with Crippen molar-refractivity contribution in [1.82, 2.24) is 0 Å². The zero-order valence-corrected chi connectivity index (χ0v) is 17.2. The van der Waals surface area contributed by atoms with Gasteiger partial charge in [0.15, 0.2) is 0 Å². The second-order valence-corrected chi connectivity index (χ2v) is 7.42. The Morgan fingerprint density at radius 3 is 2.29 bits per heavy atom. The van der Waals surface area contributed by atoms with E-state index in [0.717, 1.165) is 16.7 Å². The van der Waals surface area contributed by atoms with Gasteiger partial charge in [-0.25, -0.2) is 0 Å². The fraction of sp³-hybridized carbons (Fsp3) is 0.160. The molecule has 2 atom stereocenters. The predicted octanol–water partition coefficient (Wildman–Crippen LogP) is 3.84. The fourth-order valence-electron chi connectivity index (χ4n) is 3.55. The van der Waals surface area contributed by atoms with E-state index in [9.17, 15) is 9.59 Å². The highest BCUT2D eigenvalue weighted by atomic mass is 16.6. The summed E-state index contributed by atoms with van der Waals surface area (Å²) in [4.78, 5) is 29.9. The van der Waals surface area contributed by atoms with E-state index in [2.05, 4.69) is 4.99 Å². The largest absolute Gasteiger partial charge is 0.637 e. The zero-order valence-electron chi connectivity index (χ0n) is 17.2. The number of carbonyl (C=O) groups is 2. The Morgan fingerprint density at radius 2 is 1.55 bits per heavy atom. The number of benzene rings is 3. The third kappa shape index (κ3) is 4.91. The molecule has 0 N–H and O–H groups in total. The SMILES string of the molecule is C[C@@H](N=Cc1ccccc1B1OC(=O)C[C@@H](c2ccccc2)C(=O)O1)c1ccccc1. The summed E-state index contributed by atoms with van der Waals surface area (Å²) in [5.74, 6) is -1.64. The molecule has 0 radical (unpaired) electrons. The van der Waals surface area contributed by atoms with Gasteiger partial charge in [0.05, 0.1) is 18.4 Å². The summed E-state index contributed by atoms with van der Waals surface area (Å²) < 4.78 is 11.1. The van der Waals surface area contributed by atoms with Gasteiger partial charge in [-0.15, -0.1) is 0 Å². The van der Waals surface area contributed by atoms with Crippen LogP contribution in [-0.4, -0.2) is 25.3 Å². The Bertz CT molecular complexity index is 1080. The second kappa shape index (κ2) is 9.43. The summed E-state index contributed by atoms with van der Waals surface area (Å²) in [6, 6.07) is 26.4. The molecule has 0 saturated carbocycles. The highest BCUT2D eigenvalue weighted by Gasteiger charge is 2.40. The van der Waals surface area contributed by atoms with Crippen LogP contribution in [0.1, 0.15) is 42.0 Å². The number of rotatable bonds is 5. The smallest absolute Gasteiger partial charge is 0.495 e. The first kappa shape index (κ1) is 20.6. The van der Waals surface area contributed by atoms with Crippen molar-refractivity contribution in [1.29, 1.82) is 0 Å². The van der Waals surface area contributed by atoms with E-state index in [1.807, 2.05) is 85.8 Å². The number of hydrogen-bond acceptors (Lipinski definition) is 5. The van der Waals surface area contributed by atoms with Crippen LogP contribution in [0.25, 0.3) is 0 Å². The average molecular weight is 411 g/mol. The van der Waals surface area contributed by atoms with Crippen molar-refractivity contribution in [3.05, 3.63) is 102 Å². The van der Waals surface area contributed by atoms with Crippen molar-refractivity contribution in [3.8, 4) is 0 Å². The fourth-order valence-corrected chi connectivity index (χ4v) is 3.55.